The monoisotopic (exact) mass is 183 g/mol. The van der Waals surface area contributed by atoms with Gasteiger partial charge in [-0.05, 0) is 31.7 Å². The number of hydrogen-bond acceptors (Lipinski definition) is 2. The van der Waals surface area contributed by atoms with E-state index >= 15 is 0 Å². The predicted octanol–water partition coefficient (Wildman–Crippen LogP) is 1.19. The number of rotatable bonds is 2. The van der Waals surface area contributed by atoms with Crippen LogP contribution in [-0.4, -0.2) is 35.1 Å². The highest BCUT2D eigenvalue weighted by molar-refractivity contribution is 5.70. The molecular weight excluding hydrogens is 166 g/mol. The summed E-state index contributed by atoms with van der Waals surface area (Å²) in [4.78, 5) is 13.1. The molecule has 13 heavy (non-hydrogen) atoms. The van der Waals surface area contributed by atoms with Crippen LogP contribution < -0.4 is 0 Å². The standard InChI is InChI=1S/C10H17NO2/c1-7-2-3-9(7)11-5-4-8(6-11)10(12)13/h7-9H,2-6H2,1H3,(H,12,13). The molecule has 3 heteroatoms. The van der Waals surface area contributed by atoms with Gasteiger partial charge in [-0.3, -0.25) is 9.69 Å². The average Bonchev–Trinajstić information content (AvgIpc) is 2.50. The average molecular weight is 183 g/mol. The smallest absolute Gasteiger partial charge is 0.307 e. The summed E-state index contributed by atoms with van der Waals surface area (Å²) in [7, 11) is 0. The lowest BCUT2D eigenvalue weighted by molar-refractivity contribution is -0.141. The molecule has 3 unspecified atom stereocenters. The van der Waals surface area contributed by atoms with Crippen molar-refractivity contribution in [1.82, 2.24) is 4.90 Å². The minimum Gasteiger partial charge on any atom is -0.481 e. The van der Waals surface area contributed by atoms with E-state index in [-0.39, 0.29) is 5.92 Å². The third kappa shape index (κ3) is 1.57. The van der Waals surface area contributed by atoms with E-state index in [9.17, 15) is 4.79 Å². The van der Waals surface area contributed by atoms with Crippen LogP contribution in [-0.2, 0) is 4.79 Å². The number of likely N-dealkylation sites (tertiary alicyclic amines) is 1. The summed E-state index contributed by atoms with van der Waals surface area (Å²) >= 11 is 0. The van der Waals surface area contributed by atoms with Gasteiger partial charge in [-0.1, -0.05) is 6.92 Å². The molecule has 0 spiro atoms. The number of nitrogens with zero attached hydrogens (tertiary/aromatic N) is 1. The second-order valence-electron chi connectivity index (χ2n) is 4.44. The Morgan fingerprint density at radius 3 is 2.54 bits per heavy atom. The van der Waals surface area contributed by atoms with Crippen molar-refractivity contribution in [2.75, 3.05) is 13.1 Å². The molecule has 2 fully saturated rings. The van der Waals surface area contributed by atoms with Gasteiger partial charge in [-0.25, -0.2) is 0 Å². The third-order valence-corrected chi connectivity index (χ3v) is 3.61. The summed E-state index contributed by atoms with van der Waals surface area (Å²) in [6, 6.07) is 0.685. The highest BCUT2D eigenvalue weighted by Gasteiger charge is 2.37. The Hall–Kier alpha value is -0.570. The van der Waals surface area contributed by atoms with Crippen LogP contribution in [0.4, 0.5) is 0 Å². The van der Waals surface area contributed by atoms with Crippen LogP contribution in [0, 0.1) is 11.8 Å². The van der Waals surface area contributed by atoms with Crippen molar-refractivity contribution >= 4 is 5.97 Å². The molecule has 1 aliphatic carbocycles. The number of carboxylic acid groups (broad SMARTS) is 1. The van der Waals surface area contributed by atoms with Crippen LogP contribution in [0.2, 0.25) is 0 Å². The van der Waals surface area contributed by atoms with Gasteiger partial charge in [0.15, 0.2) is 0 Å². The summed E-state index contributed by atoms with van der Waals surface area (Å²) < 4.78 is 0. The Morgan fingerprint density at radius 2 is 2.15 bits per heavy atom. The van der Waals surface area contributed by atoms with Crippen molar-refractivity contribution in [3.8, 4) is 0 Å². The lowest BCUT2D eigenvalue weighted by Gasteiger charge is -2.40. The number of hydrogen-bond donors (Lipinski definition) is 1. The molecule has 1 N–H and O–H groups in total. The van der Waals surface area contributed by atoms with Crippen molar-refractivity contribution in [2.45, 2.75) is 32.2 Å². The summed E-state index contributed by atoms with van der Waals surface area (Å²) in [6.07, 6.45) is 3.44. The van der Waals surface area contributed by atoms with E-state index in [1.54, 1.807) is 0 Å². The Bertz CT molecular complexity index is 217. The second-order valence-corrected chi connectivity index (χ2v) is 4.44. The van der Waals surface area contributed by atoms with Crippen LogP contribution in [0.25, 0.3) is 0 Å². The fourth-order valence-corrected chi connectivity index (χ4v) is 2.48. The van der Waals surface area contributed by atoms with Gasteiger partial charge in [0.25, 0.3) is 0 Å². The Labute approximate surface area is 78.7 Å². The minimum atomic E-state index is -0.616. The number of aliphatic carboxylic acids is 1. The van der Waals surface area contributed by atoms with Crippen molar-refractivity contribution in [3.63, 3.8) is 0 Å². The van der Waals surface area contributed by atoms with Crippen LogP contribution in [0.3, 0.4) is 0 Å². The molecule has 0 amide bonds. The highest BCUT2D eigenvalue weighted by atomic mass is 16.4. The van der Waals surface area contributed by atoms with E-state index in [0.29, 0.717) is 6.04 Å². The van der Waals surface area contributed by atoms with Crippen LogP contribution >= 0.6 is 0 Å². The van der Waals surface area contributed by atoms with Gasteiger partial charge in [-0.2, -0.15) is 0 Å². The molecule has 1 heterocycles. The Kier molecular flexibility index (Phi) is 2.28. The summed E-state index contributed by atoms with van der Waals surface area (Å²) in [5, 5.41) is 8.84. The predicted molar refractivity (Wildman–Crippen MR) is 49.5 cm³/mol. The first-order chi connectivity index (χ1) is 6.18. The van der Waals surface area contributed by atoms with E-state index in [1.807, 2.05) is 0 Å². The number of carboxylic acids is 1. The fourth-order valence-electron chi connectivity index (χ4n) is 2.48. The van der Waals surface area contributed by atoms with Crippen LogP contribution in [0.1, 0.15) is 26.2 Å². The minimum absolute atomic E-state index is 0.104. The maximum absolute atomic E-state index is 10.7. The zero-order valence-electron chi connectivity index (χ0n) is 8.07. The molecule has 0 radical (unpaired) electrons. The molecule has 1 saturated heterocycles. The van der Waals surface area contributed by atoms with Gasteiger partial charge >= 0.3 is 5.97 Å². The molecule has 0 aromatic rings. The molecule has 0 aromatic carbocycles. The van der Waals surface area contributed by atoms with Crippen LogP contribution in [0.15, 0.2) is 0 Å². The Morgan fingerprint density at radius 1 is 1.38 bits per heavy atom. The van der Waals surface area contributed by atoms with E-state index in [2.05, 4.69) is 11.8 Å². The quantitative estimate of drug-likeness (QED) is 0.699. The molecule has 0 bridgehead atoms. The first-order valence-electron chi connectivity index (χ1n) is 5.15. The van der Waals surface area contributed by atoms with Gasteiger partial charge in [0.1, 0.15) is 0 Å². The second kappa shape index (κ2) is 3.29. The topological polar surface area (TPSA) is 40.5 Å². The van der Waals surface area contributed by atoms with E-state index in [4.69, 9.17) is 5.11 Å². The maximum atomic E-state index is 10.7. The largest absolute Gasteiger partial charge is 0.481 e. The van der Waals surface area contributed by atoms with Crippen molar-refractivity contribution < 1.29 is 9.90 Å². The summed E-state index contributed by atoms with van der Waals surface area (Å²) in [5.74, 6) is 0.0646. The third-order valence-electron chi connectivity index (χ3n) is 3.61. The molecule has 1 saturated carbocycles. The van der Waals surface area contributed by atoms with Gasteiger partial charge in [0, 0.05) is 12.6 Å². The molecular formula is C10H17NO2. The van der Waals surface area contributed by atoms with Gasteiger partial charge in [0.2, 0.25) is 0 Å². The van der Waals surface area contributed by atoms with Crippen molar-refractivity contribution in [1.29, 1.82) is 0 Å². The number of carbonyl (C=O) groups is 1. The van der Waals surface area contributed by atoms with Gasteiger partial charge < -0.3 is 5.11 Å². The van der Waals surface area contributed by atoms with Crippen molar-refractivity contribution in [3.05, 3.63) is 0 Å². The van der Waals surface area contributed by atoms with Crippen molar-refractivity contribution in [2.24, 2.45) is 11.8 Å². The first kappa shape index (κ1) is 9.00. The van der Waals surface area contributed by atoms with Gasteiger partial charge in [0.05, 0.1) is 5.92 Å². The maximum Gasteiger partial charge on any atom is 0.307 e. The molecule has 74 valence electrons. The molecule has 1 aliphatic heterocycles. The van der Waals surface area contributed by atoms with E-state index in [1.165, 1.54) is 12.8 Å². The molecule has 2 aliphatic rings. The van der Waals surface area contributed by atoms with E-state index < -0.39 is 5.97 Å². The first-order valence-corrected chi connectivity index (χ1v) is 5.15. The lowest BCUT2D eigenvalue weighted by atomic mass is 9.80. The lowest BCUT2D eigenvalue weighted by Crippen LogP contribution is -2.45. The molecule has 2 rings (SSSR count). The molecule has 3 nitrogen and oxygen atoms in total. The van der Waals surface area contributed by atoms with Crippen LogP contribution in [0.5, 0.6) is 0 Å². The van der Waals surface area contributed by atoms with Gasteiger partial charge in [-0.15, -0.1) is 0 Å². The SMILES string of the molecule is CC1CCC1N1CCC(C(=O)O)C1. The summed E-state index contributed by atoms with van der Waals surface area (Å²) in [6.45, 7) is 4.04. The normalized spacial score (nSPS) is 40.2. The molecule has 3 atom stereocenters. The zero-order chi connectivity index (χ0) is 9.42. The zero-order valence-corrected chi connectivity index (χ0v) is 8.07. The molecule has 0 aromatic heterocycles. The Balaban J connectivity index is 1.87. The van der Waals surface area contributed by atoms with E-state index in [0.717, 1.165) is 25.4 Å². The fraction of sp³-hybridized carbons (Fsp3) is 0.900. The summed E-state index contributed by atoms with van der Waals surface area (Å²) in [5.41, 5.74) is 0. The highest BCUT2D eigenvalue weighted by Crippen LogP contribution is 2.34.